The average Bonchev–Trinajstić information content (AvgIpc) is 2.25. The van der Waals surface area contributed by atoms with Crippen LogP contribution >= 0.6 is 22.6 Å². The van der Waals surface area contributed by atoms with Gasteiger partial charge in [-0.2, -0.15) is 0 Å². The number of hydrogen-bond donors (Lipinski definition) is 1. The first kappa shape index (κ1) is 13.7. The number of rotatable bonds is 6. The summed E-state index contributed by atoms with van der Waals surface area (Å²) in [6.07, 6.45) is 2.21. The van der Waals surface area contributed by atoms with E-state index in [9.17, 15) is 0 Å². The van der Waals surface area contributed by atoms with Crippen LogP contribution in [0.3, 0.4) is 0 Å². The number of hydrogen-bond acceptors (Lipinski definition) is 1. The number of allylic oxidation sites excluding steroid dienone is 1. The molecule has 0 aromatic heterocycles. The van der Waals surface area contributed by atoms with Gasteiger partial charge in [0, 0.05) is 9.61 Å². The van der Waals surface area contributed by atoms with Gasteiger partial charge in [-0.15, -0.1) is 6.58 Å². The Morgan fingerprint density at radius 1 is 1.44 bits per heavy atom. The molecule has 1 N–H and O–H groups in total. The van der Waals surface area contributed by atoms with Crippen molar-refractivity contribution in [3.05, 3.63) is 45.6 Å². The molecule has 1 aromatic carbocycles. The van der Waals surface area contributed by atoms with Gasteiger partial charge < -0.3 is 5.32 Å². The van der Waals surface area contributed by atoms with Gasteiger partial charge >= 0.3 is 0 Å². The molecular formula is C14H20IN. The van der Waals surface area contributed by atoms with Crippen LogP contribution in [0.15, 0.2) is 36.4 Å². The lowest BCUT2D eigenvalue weighted by Crippen LogP contribution is -2.21. The second-order valence-corrected chi connectivity index (χ2v) is 5.29. The van der Waals surface area contributed by atoms with Gasteiger partial charge in [0.15, 0.2) is 0 Å². The van der Waals surface area contributed by atoms with Gasteiger partial charge in [0.2, 0.25) is 0 Å². The van der Waals surface area contributed by atoms with E-state index in [1.54, 1.807) is 0 Å². The van der Waals surface area contributed by atoms with Crippen molar-refractivity contribution < 1.29 is 0 Å². The van der Waals surface area contributed by atoms with Crippen LogP contribution in [0.1, 0.15) is 38.3 Å². The molecule has 0 amide bonds. The molecule has 0 bridgehead atoms. The highest BCUT2D eigenvalue weighted by atomic mass is 127. The summed E-state index contributed by atoms with van der Waals surface area (Å²) < 4.78 is 1.34. The summed E-state index contributed by atoms with van der Waals surface area (Å²) in [6.45, 7) is 9.23. The minimum Gasteiger partial charge on any atom is -0.310 e. The fourth-order valence-corrected chi connectivity index (χ4v) is 2.53. The van der Waals surface area contributed by atoms with E-state index in [-0.39, 0.29) is 0 Å². The molecule has 1 rings (SSSR count). The third kappa shape index (κ3) is 4.26. The van der Waals surface area contributed by atoms with Crippen LogP contribution in [0.2, 0.25) is 0 Å². The Morgan fingerprint density at radius 3 is 2.69 bits per heavy atom. The van der Waals surface area contributed by atoms with E-state index in [1.807, 2.05) is 0 Å². The zero-order valence-electron chi connectivity index (χ0n) is 10.1. The summed E-state index contributed by atoms with van der Waals surface area (Å²) in [5.74, 6) is 0. The van der Waals surface area contributed by atoms with E-state index >= 15 is 0 Å². The molecule has 88 valence electrons. The standard InChI is InChI=1S/C14H20IN/c1-4-16-14(10-9-11(2)3)12-7-5-6-8-13(12)15/h5-8,14,16H,2,4,9-10H2,1,3H3. The largest absolute Gasteiger partial charge is 0.310 e. The summed E-state index contributed by atoms with van der Waals surface area (Å²) >= 11 is 2.41. The normalized spacial score (nSPS) is 12.4. The molecule has 16 heavy (non-hydrogen) atoms. The van der Waals surface area contributed by atoms with E-state index in [4.69, 9.17) is 0 Å². The lowest BCUT2D eigenvalue weighted by Gasteiger charge is -2.19. The molecule has 0 spiro atoms. The van der Waals surface area contributed by atoms with Crippen molar-refractivity contribution in [1.29, 1.82) is 0 Å². The minimum absolute atomic E-state index is 0.454. The first-order chi connectivity index (χ1) is 7.65. The Hall–Kier alpha value is -0.350. The predicted molar refractivity (Wildman–Crippen MR) is 79.6 cm³/mol. The molecule has 1 atom stereocenters. The van der Waals surface area contributed by atoms with Gasteiger partial charge in [-0.25, -0.2) is 0 Å². The van der Waals surface area contributed by atoms with E-state index in [0.29, 0.717) is 6.04 Å². The van der Waals surface area contributed by atoms with Crippen molar-refractivity contribution in [3.8, 4) is 0 Å². The van der Waals surface area contributed by atoms with Crippen molar-refractivity contribution in [1.82, 2.24) is 5.32 Å². The van der Waals surface area contributed by atoms with Crippen molar-refractivity contribution in [2.24, 2.45) is 0 Å². The van der Waals surface area contributed by atoms with Crippen molar-refractivity contribution in [3.63, 3.8) is 0 Å². The molecule has 0 saturated carbocycles. The Labute approximate surface area is 112 Å². The Balaban J connectivity index is 2.76. The fraction of sp³-hybridized carbons (Fsp3) is 0.429. The van der Waals surface area contributed by atoms with Crippen molar-refractivity contribution >= 4 is 22.6 Å². The second-order valence-electron chi connectivity index (χ2n) is 4.13. The van der Waals surface area contributed by atoms with Crippen molar-refractivity contribution in [2.45, 2.75) is 32.7 Å². The molecule has 0 aliphatic heterocycles. The van der Waals surface area contributed by atoms with Gasteiger partial charge in [0.05, 0.1) is 0 Å². The number of benzene rings is 1. The van der Waals surface area contributed by atoms with Crippen LogP contribution in [0.4, 0.5) is 0 Å². The van der Waals surface area contributed by atoms with E-state index in [2.05, 4.69) is 72.6 Å². The quantitative estimate of drug-likeness (QED) is 0.606. The van der Waals surface area contributed by atoms with E-state index < -0.39 is 0 Å². The summed E-state index contributed by atoms with van der Waals surface area (Å²) in [7, 11) is 0. The molecule has 1 nitrogen and oxygen atoms in total. The Bertz CT molecular complexity index is 346. The van der Waals surface area contributed by atoms with Gasteiger partial charge in [-0.1, -0.05) is 30.7 Å². The van der Waals surface area contributed by atoms with Gasteiger partial charge in [-0.3, -0.25) is 0 Å². The van der Waals surface area contributed by atoms with Crippen LogP contribution in [0.5, 0.6) is 0 Å². The van der Waals surface area contributed by atoms with Crippen LogP contribution in [0, 0.1) is 3.57 Å². The highest BCUT2D eigenvalue weighted by Crippen LogP contribution is 2.24. The topological polar surface area (TPSA) is 12.0 Å². The van der Waals surface area contributed by atoms with Crippen LogP contribution in [-0.2, 0) is 0 Å². The van der Waals surface area contributed by atoms with E-state index in [0.717, 1.165) is 19.4 Å². The summed E-state index contributed by atoms with van der Waals surface area (Å²) in [5.41, 5.74) is 2.67. The van der Waals surface area contributed by atoms with Crippen LogP contribution in [0.25, 0.3) is 0 Å². The molecule has 0 radical (unpaired) electrons. The maximum absolute atomic E-state index is 3.97. The molecule has 1 aromatic rings. The average molecular weight is 329 g/mol. The molecule has 0 saturated heterocycles. The van der Waals surface area contributed by atoms with Gasteiger partial charge in [0.25, 0.3) is 0 Å². The van der Waals surface area contributed by atoms with Crippen LogP contribution in [-0.4, -0.2) is 6.54 Å². The predicted octanol–water partition coefficient (Wildman–Crippen LogP) is 4.30. The second kappa shape index (κ2) is 7.07. The zero-order valence-corrected chi connectivity index (χ0v) is 12.3. The first-order valence-corrected chi connectivity index (χ1v) is 6.85. The molecule has 2 heteroatoms. The lowest BCUT2D eigenvalue weighted by atomic mass is 10.00. The maximum Gasteiger partial charge on any atom is 0.0333 e. The summed E-state index contributed by atoms with van der Waals surface area (Å²) in [4.78, 5) is 0. The fourth-order valence-electron chi connectivity index (χ4n) is 1.76. The first-order valence-electron chi connectivity index (χ1n) is 5.77. The van der Waals surface area contributed by atoms with Crippen molar-refractivity contribution in [2.75, 3.05) is 6.54 Å². The van der Waals surface area contributed by atoms with Gasteiger partial charge in [0.1, 0.15) is 0 Å². The summed E-state index contributed by atoms with van der Waals surface area (Å²) in [6, 6.07) is 9.04. The number of nitrogens with one attached hydrogen (secondary N) is 1. The molecule has 1 unspecified atom stereocenters. The molecule has 0 aliphatic rings. The highest BCUT2D eigenvalue weighted by Gasteiger charge is 2.12. The number of halogens is 1. The molecule has 0 heterocycles. The smallest absolute Gasteiger partial charge is 0.0333 e. The maximum atomic E-state index is 3.97. The molecular weight excluding hydrogens is 309 g/mol. The molecule has 0 fully saturated rings. The lowest BCUT2D eigenvalue weighted by molar-refractivity contribution is 0.513. The Kier molecular flexibility index (Phi) is 6.06. The molecule has 0 aliphatic carbocycles. The summed E-state index contributed by atoms with van der Waals surface area (Å²) in [5, 5.41) is 3.55. The Morgan fingerprint density at radius 2 is 2.12 bits per heavy atom. The minimum atomic E-state index is 0.454. The monoisotopic (exact) mass is 329 g/mol. The van der Waals surface area contributed by atoms with E-state index in [1.165, 1.54) is 14.7 Å². The van der Waals surface area contributed by atoms with Gasteiger partial charge in [-0.05, 0) is 60.5 Å². The SMILES string of the molecule is C=C(C)CCC(NCC)c1ccccc1I. The van der Waals surface area contributed by atoms with Crippen LogP contribution < -0.4 is 5.32 Å². The zero-order chi connectivity index (χ0) is 12.0. The third-order valence-electron chi connectivity index (χ3n) is 2.59. The third-order valence-corrected chi connectivity index (χ3v) is 3.57. The highest BCUT2D eigenvalue weighted by molar-refractivity contribution is 14.1.